The zero-order chi connectivity index (χ0) is 17.8. The molecule has 0 unspecified atom stereocenters. The lowest BCUT2D eigenvalue weighted by atomic mass is 10.2. The second kappa shape index (κ2) is 7.50. The fourth-order valence-electron chi connectivity index (χ4n) is 2.10. The highest BCUT2D eigenvalue weighted by Gasteiger charge is 2.24. The molecule has 8 heteroatoms. The van der Waals surface area contributed by atoms with Crippen LogP contribution in [-0.2, 0) is 0 Å². The first-order valence-corrected chi connectivity index (χ1v) is 8.49. The zero-order valence-electron chi connectivity index (χ0n) is 13.1. The average molecular weight is 373 g/mol. The van der Waals surface area contributed by atoms with Gasteiger partial charge in [0.2, 0.25) is 5.82 Å². The standard InChI is InChI=1S/C17H13ClN4O2S/c1-11-6-8-12(9-7-11)25-17-15(22(23)24)16(19-10-20-17)21-14-5-3-2-4-13(14)18/h2-10H,1H3,(H,19,20,21). The van der Waals surface area contributed by atoms with Crippen LogP contribution in [0.4, 0.5) is 17.2 Å². The van der Waals surface area contributed by atoms with Gasteiger partial charge in [0.1, 0.15) is 6.33 Å². The van der Waals surface area contributed by atoms with Gasteiger partial charge in [-0.2, -0.15) is 0 Å². The molecular weight excluding hydrogens is 360 g/mol. The molecule has 126 valence electrons. The smallest absolute Gasteiger partial charge is 0.333 e. The van der Waals surface area contributed by atoms with E-state index < -0.39 is 4.92 Å². The van der Waals surface area contributed by atoms with Crippen LogP contribution >= 0.6 is 23.4 Å². The van der Waals surface area contributed by atoms with Crippen molar-refractivity contribution in [3.8, 4) is 0 Å². The van der Waals surface area contributed by atoms with Crippen molar-refractivity contribution in [2.24, 2.45) is 0 Å². The molecule has 0 amide bonds. The minimum absolute atomic E-state index is 0.0997. The van der Waals surface area contributed by atoms with E-state index in [1.54, 1.807) is 24.3 Å². The Morgan fingerprint density at radius 2 is 1.84 bits per heavy atom. The molecule has 0 radical (unpaired) electrons. The van der Waals surface area contributed by atoms with E-state index in [0.717, 1.165) is 10.5 Å². The van der Waals surface area contributed by atoms with Crippen LogP contribution in [0.5, 0.6) is 0 Å². The molecule has 0 fully saturated rings. The van der Waals surface area contributed by atoms with E-state index in [2.05, 4.69) is 15.3 Å². The molecule has 25 heavy (non-hydrogen) atoms. The van der Waals surface area contributed by atoms with Crippen molar-refractivity contribution >= 4 is 40.6 Å². The molecule has 3 aromatic rings. The maximum Gasteiger partial charge on any atom is 0.343 e. The van der Waals surface area contributed by atoms with Crippen LogP contribution in [0.2, 0.25) is 5.02 Å². The normalized spacial score (nSPS) is 10.5. The third kappa shape index (κ3) is 4.07. The molecule has 0 aliphatic heterocycles. The number of halogens is 1. The Labute approximate surface area is 153 Å². The maximum absolute atomic E-state index is 11.6. The molecule has 0 aliphatic carbocycles. The number of para-hydroxylation sites is 1. The minimum Gasteiger partial charge on any atom is -0.333 e. The van der Waals surface area contributed by atoms with Gasteiger partial charge in [-0.05, 0) is 31.2 Å². The molecular formula is C17H13ClN4O2S. The number of anilines is 2. The molecule has 6 nitrogen and oxygen atoms in total. The Balaban J connectivity index is 1.98. The molecule has 0 spiro atoms. The molecule has 2 aromatic carbocycles. The Morgan fingerprint density at radius 1 is 1.12 bits per heavy atom. The molecule has 0 saturated carbocycles. The SMILES string of the molecule is Cc1ccc(Sc2ncnc(Nc3ccccc3Cl)c2[N+](=O)[O-])cc1. The van der Waals surface area contributed by atoms with Crippen LogP contribution in [0, 0.1) is 17.0 Å². The largest absolute Gasteiger partial charge is 0.343 e. The van der Waals surface area contributed by atoms with Gasteiger partial charge in [-0.15, -0.1) is 0 Å². The van der Waals surface area contributed by atoms with Crippen molar-refractivity contribution in [2.75, 3.05) is 5.32 Å². The fourth-order valence-corrected chi connectivity index (χ4v) is 3.15. The van der Waals surface area contributed by atoms with E-state index in [1.165, 1.54) is 18.1 Å². The molecule has 1 aromatic heterocycles. The van der Waals surface area contributed by atoms with Gasteiger partial charge in [0, 0.05) is 4.90 Å². The number of nitrogens with one attached hydrogen (secondary N) is 1. The van der Waals surface area contributed by atoms with Crippen molar-refractivity contribution in [3.05, 3.63) is 75.6 Å². The fraction of sp³-hybridized carbons (Fsp3) is 0.0588. The molecule has 3 rings (SSSR count). The van der Waals surface area contributed by atoms with E-state index in [-0.39, 0.29) is 16.5 Å². The lowest BCUT2D eigenvalue weighted by molar-refractivity contribution is -0.387. The number of nitrogens with zero attached hydrogens (tertiary/aromatic N) is 3. The number of benzene rings is 2. The summed E-state index contributed by atoms with van der Waals surface area (Å²) in [4.78, 5) is 20.1. The molecule has 0 aliphatic rings. The van der Waals surface area contributed by atoms with E-state index in [0.29, 0.717) is 10.7 Å². The van der Waals surface area contributed by atoms with Crippen molar-refractivity contribution in [2.45, 2.75) is 16.8 Å². The molecule has 0 saturated heterocycles. The zero-order valence-corrected chi connectivity index (χ0v) is 14.7. The monoisotopic (exact) mass is 372 g/mol. The Bertz CT molecular complexity index is 919. The number of hydrogen-bond acceptors (Lipinski definition) is 6. The molecule has 0 bridgehead atoms. The van der Waals surface area contributed by atoms with Crippen LogP contribution < -0.4 is 5.32 Å². The van der Waals surface area contributed by atoms with Gasteiger partial charge in [-0.25, -0.2) is 9.97 Å². The summed E-state index contributed by atoms with van der Waals surface area (Å²) in [7, 11) is 0. The summed E-state index contributed by atoms with van der Waals surface area (Å²) in [6.45, 7) is 1.98. The predicted octanol–water partition coefficient (Wildman–Crippen LogP) is 5.24. The Kier molecular flexibility index (Phi) is 5.16. The molecule has 1 heterocycles. The van der Waals surface area contributed by atoms with E-state index >= 15 is 0 Å². The number of hydrogen-bond donors (Lipinski definition) is 1. The first-order chi connectivity index (χ1) is 12.0. The van der Waals surface area contributed by atoms with Crippen molar-refractivity contribution in [3.63, 3.8) is 0 Å². The van der Waals surface area contributed by atoms with Crippen LogP contribution in [0.15, 0.2) is 64.8 Å². The first kappa shape index (κ1) is 17.2. The van der Waals surface area contributed by atoms with Gasteiger partial charge in [0.15, 0.2) is 5.03 Å². The van der Waals surface area contributed by atoms with Gasteiger partial charge < -0.3 is 5.32 Å². The van der Waals surface area contributed by atoms with Gasteiger partial charge in [0.05, 0.1) is 15.6 Å². The van der Waals surface area contributed by atoms with Gasteiger partial charge in [-0.3, -0.25) is 10.1 Å². The third-order valence-corrected chi connectivity index (χ3v) is 4.66. The highest BCUT2D eigenvalue weighted by Crippen LogP contribution is 2.38. The van der Waals surface area contributed by atoms with E-state index in [1.807, 2.05) is 31.2 Å². The highest BCUT2D eigenvalue weighted by molar-refractivity contribution is 7.99. The second-order valence-corrected chi connectivity index (χ2v) is 6.62. The number of aromatic nitrogens is 2. The van der Waals surface area contributed by atoms with E-state index in [4.69, 9.17) is 11.6 Å². The maximum atomic E-state index is 11.6. The lowest BCUT2D eigenvalue weighted by Gasteiger charge is -2.09. The summed E-state index contributed by atoms with van der Waals surface area (Å²) in [6.07, 6.45) is 1.29. The second-order valence-electron chi connectivity index (χ2n) is 5.15. The Morgan fingerprint density at radius 3 is 2.52 bits per heavy atom. The van der Waals surface area contributed by atoms with Crippen molar-refractivity contribution < 1.29 is 4.92 Å². The van der Waals surface area contributed by atoms with Crippen molar-refractivity contribution in [1.82, 2.24) is 9.97 Å². The highest BCUT2D eigenvalue weighted by atomic mass is 35.5. The van der Waals surface area contributed by atoms with Crippen LogP contribution in [-0.4, -0.2) is 14.9 Å². The Hall–Kier alpha value is -2.64. The number of nitro groups is 1. The van der Waals surface area contributed by atoms with Crippen LogP contribution in [0.25, 0.3) is 0 Å². The molecule has 0 atom stereocenters. The van der Waals surface area contributed by atoms with Crippen LogP contribution in [0.1, 0.15) is 5.56 Å². The predicted molar refractivity (Wildman–Crippen MR) is 98.7 cm³/mol. The molecule has 1 N–H and O–H groups in total. The van der Waals surface area contributed by atoms with Gasteiger partial charge >= 0.3 is 5.69 Å². The first-order valence-electron chi connectivity index (χ1n) is 7.30. The van der Waals surface area contributed by atoms with Gasteiger partial charge in [-0.1, -0.05) is 53.2 Å². The number of aryl methyl sites for hydroxylation is 1. The average Bonchev–Trinajstić information content (AvgIpc) is 2.59. The summed E-state index contributed by atoms with van der Waals surface area (Å²) in [5.74, 6) is 0.0997. The van der Waals surface area contributed by atoms with Crippen molar-refractivity contribution in [1.29, 1.82) is 0 Å². The third-order valence-electron chi connectivity index (χ3n) is 3.33. The summed E-state index contributed by atoms with van der Waals surface area (Å²) in [5, 5.41) is 15.2. The minimum atomic E-state index is -0.490. The lowest BCUT2D eigenvalue weighted by Crippen LogP contribution is -2.03. The summed E-state index contributed by atoms with van der Waals surface area (Å²) in [6, 6.07) is 14.7. The van der Waals surface area contributed by atoms with Crippen LogP contribution in [0.3, 0.4) is 0 Å². The van der Waals surface area contributed by atoms with E-state index in [9.17, 15) is 10.1 Å². The quantitative estimate of drug-likeness (QED) is 0.374. The van der Waals surface area contributed by atoms with Gasteiger partial charge in [0.25, 0.3) is 0 Å². The topological polar surface area (TPSA) is 81.0 Å². The summed E-state index contributed by atoms with van der Waals surface area (Å²) in [5.41, 5.74) is 1.47. The number of rotatable bonds is 5. The summed E-state index contributed by atoms with van der Waals surface area (Å²) < 4.78 is 0. The summed E-state index contributed by atoms with van der Waals surface area (Å²) >= 11 is 7.32.